The molecule has 4 aromatic rings. The Morgan fingerprint density at radius 3 is 2.29 bits per heavy atom. The van der Waals surface area contributed by atoms with Gasteiger partial charge in [-0.05, 0) is 66.4 Å². The van der Waals surface area contributed by atoms with E-state index in [1.807, 2.05) is 60.7 Å². The molecule has 1 heterocycles. The Balaban J connectivity index is 1.34. The van der Waals surface area contributed by atoms with Gasteiger partial charge in [0.25, 0.3) is 0 Å². The number of anilines is 1. The number of nitrogens with one attached hydrogen (secondary N) is 1. The van der Waals surface area contributed by atoms with E-state index in [9.17, 15) is 0 Å². The summed E-state index contributed by atoms with van der Waals surface area (Å²) < 4.78 is 5.86. The first-order valence-corrected chi connectivity index (χ1v) is 9.46. The van der Waals surface area contributed by atoms with E-state index in [-0.39, 0.29) is 0 Å². The molecule has 0 spiro atoms. The topological polar surface area (TPSA) is 63.9 Å². The fourth-order valence-corrected chi connectivity index (χ4v) is 3.11. The minimum atomic E-state index is 0.706. The summed E-state index contributed by atoms with van der Waals surface area (Å²) in [6.45, 7) is 0.706. The summed E-state index contributed by atoms with van der Waals surface area (Å²) in [5, 5.41) is 7.52. The Morgan fingerprint density at radius 1 is 0.821 bits per heavy atom. The van der Waals surface area contributed by atoms with Crippen LogP contribution in [0.1, 0.15) is 12.0 Å². The van der Waals surface area contributed by atoms with E-state index in [1.165, 1.54) is 5.56 Å². The summed E-state index contributed by atoms with van der Waals surface area (Å²) in [4.78, 5) is 0. The number of hydrogen-bond acceptors (Lipinski definition) is 3. The lowest BCUT2D eigenvalue weighted by molar-refractivity contribution is 0.311. The van der Waals surface area contributed by atoms with Gasteiger partial charge in [0.2, 0.25) is 0 Å². The van der Waals surface area contributed by atoms with Crippen LogP contribution in [-0.2, 0) is 6.42 Å². The minimum absolute atomic E-state index is 0.706. The van der Waals surface area contributed by atoms with Gasteiger partial charge in [-0.3, -0.25) is 5.10 Å². The zero-order chi connectivity index (χ0) is 19.2. The first-order chi connectivity index (χ1) is 13.8. The molecule has 0 bridgehead atoms. The van der Waals surface area contributed by atoms with Crippen molar-refractivity contribution in [3.05, 3.63) is 90.5 Å². The normalized spacial score (nSPS) is 10.7. The second kappa shape index (κ2) is 8.44. The molecule has 0 aliphatic carbocycles. The van der Waals surface area contributed by atoms with Gasteiger partial charge in [0.1, 0.15) is 5.75 Å². The van der Waals surface area contributed by atoms with Crippen LogP contribution >= 0.6 is 0 Å². The van der Waals surface area contributed by atoms with E-state index in [4.69, 9.17) is 10.5 Å². The fourth-order valence-electron chi connectivity index (χ4n) is 3.11. The molecule has 0 fully saturated rings. The number of aryl methyl sites for hydroxylation is 1. The average Bonchev–Trinajstić information content (AvgIpc) is 3.23. The summed E-state index contributed by atoms with van der Waals surface area (Å²) in [6, 6.07) is 28.3. The molecule has 0 saturated carbocycles. The highest BCUT2D eigenvalue weighted by atomic mass is 16.5. The van der Waals surface area contributed by atoms with Crippen molar-refractivity contribution in [2.24, 2.45) is 0 Å². The lowest BCUT2D eigenvalue weighted by Gasteiger charge is -2.07. The predicted molar refractivity (Wildman–Crippen MR) is 114 cm³/mol. The van der Waals surface area contributed by atoms with E-state index in [0.717, 1.165) is 46.8 Å². The third kappa shape index (κ3) is 4.41. The quantitative estimate of drug-likeness (QED) is 0.341. The van der Waals surface area contributed by atoms with E-state index >= 15 is 0 Å². The Kier molecular flexibility index (Phi) is 5.38. The number of aromatic amines is 1. The van der Waals surface area contributed by atoms with Crippen molar-refractivity contribution in [1.82, 2.24) is 10.2 Å². The van der Waals surface area contributed by atoms with Crippen LogP contribution in [-0.4, -0.2) is 16.8 Å². The molecule has 0 aliphatic rings. The van der Waals surface area contributed by atoms with Gasteiger partial charge in [-0.1, -0.05) is 42.5 Å². The van der Waals surface area contributed by atoms with Gasteiger partial charge >= 0.3 is 0 Å². The molecule has 3 aromatic carbocycles. The number of benzene rings is 3. The van der Waals surface area contributed by atoms with Gasteiger partial charge < -0.3 is 10.5 Å². The summed E-state index contributed by atoms with van der Waals surface area (Å²) in [6.07, 6.45) is 2.02. The maximum Gasteiger partial charge on any atom is 0.119 e. The number of nitrogen functional groups attached to an aromatic ring is 1. The predicted octanol–water partition coefficient (Wildman–Crippen LogP) is 5.34. The number of hydrogen-bond donors (Lipinski definition) is 2. The second-order valence-corrected chi connectivity index (χ2v) is 6.75. The van der Waals surface area contributed by atoms with Crippen molar-refractivity contribution in [3.8, 4) is 28.3 Å². The average molecular weight is 369 g/mol. The van der Waals surface area contributed by atoms with Crippen molar-refractivity contribution in [3.63, 3.8) is 0 Å². The van der Waals surface area contributed by atoms with Gasteiger partial charge in [-0.15, -0.1) is 0 Å². The third-order valence-electron chi connectivity index (χ3n) is 4.67. The lowest BCUT2D eigenvalue weighted by atomic mass is 10.1. The number of ether oxygens (including phenoxy) is 1. The summed E-state index contributed by atoms with van der Waals surface area (Å²) in [5.41, 5.74) is 11.8. The van der Waals surface area contributed by atoms with E-state index < -0.39 is 0 Å². The highest BCUT2D eigenvalue weighted by molar-refractivity contribution is 5.69. The van der Waals surface area contributed by atoms with E-state index in [0.29, 0.717) is 6.61 Å². The van der Waals surface area contributed by atoms with Gasteiger partial charge in [0.15, 0.2) is 0 Å². The molecule has 4 heteroatoms. The highest BCUT2D eigenvalue weighted by Gasteiger charge is 2.06. The van der Waals surface area contributed by atoms with Crippen molar-refractivity contribution in [1.29, 1.82) is 0 Å². The maximum absolute atomic E-state index is 5.86. The smallest absolute Gasteiger partial charge is 0.119 e. The van der Waals surface area contributed by atoms with Crippen LogP contribution in [0.15, 0.2) is 84.9 Å². The first-order valence-electron chi connectivity index (χ1n) is 9.46. The molecule has 0 amide bonds. The zero-order valence-electron chi connectivity index (χ0n) is 15.6. The van der Waals surface area contributed by atoms with Crippen LogP contribution in [0.25, 0.3) is 22.5 Å². The SMILES string of the molecule is Nc1ccc(-c2cc(-c3ccc(OCCCc4ccccc4)cc3)n[nH]2)cc1. The Morgan fingerprint density at radius 2 is 1.54 bits per heavy atom. The molecule has 0 saturated heterocycles. The molecule has 3 N–H and O–H groups in total. The summed E-state index contributed by atoms with van der Waals surface area (Å²) >= 11 is 0. The third-order valence-corrected chi connectivity index (χ3v) is 4.67. The summed E-state index contributed by atoms with van der Waals surface area (Å²) in [7, 11) is 0. The van der Waals surface area contributed by atoms with Crippen molar-refractivity contribution < 1.29 is 4.74 Å². The van der Waals surface area contributed by atoms with Crippen molar-refractivity contribution in [2.75, 3.05) is 12.3 Å². The van der Waals surface area contributed by atoms with Crippen LogP contribution in [0, 0.1) is 0 Å². The minimum Gasteiger partial charge on any atom is -0.494 e. The largest absolute Gasteiger partial charge is 0.494 e. The number of rotatable bonds is 7. The fraction of sp³-hybridized carbons (Fsp3) is 0.125. The second-order valence-electron chi connectivity index (χ2n) is 6.75. The molecule has 28 heavy (non-hydrogen) atoms. The zero-order valence-corrected chi connectivity index (χ0v) is 15.6. The van der Waals surface area contributed by atoms with Gasteiger partial charge in [0.05, 0.1) is 18.0 Å². The molecular weight excluding hydrogens is 346 g/mol. The highest BCUT2D eigenvalue weighted by Crippen LogP contribution is 2.26. The standard InChI is InChI=1S/C24H23N3O/c25-21-12-8-19(9-13-21)23-17-24(27-26-23)20-10-14-22(15-11-20)28-16-4-7-18-5-2-1-3-6-18/h1-3,5-6,8-15,17H,4,7,16,25H2,(H,26,27). The van der Waals surface area contributed by atoms with Gasteiger partial charge in [-0.2, -0.15) is 5.10 Å². The molecule has 4 rings (SSSR count). The molecule has 1 aromatic heterocycles. The Labute approximate surface area is 165 Å². The molecular formula is C24H23N3O. The molecule has 140 valence electrons. The van der Waals surface area contributed by atoms with Crippen LogP contribution in [0.2, 0.25) is 0 Å². The van der Waals surface area contributed by atoms with Crippen molar-refractivity contribution in [2.45, 2.75) is 12.8 Å². The molecule has 0 radical (unpaired) electrons. The Bertz CT molecular complexity index is 1010. The van der Waals surface area contributed by atoms with Gasteiger partial charge in [-0.25, -0.2) is 0 Å². The monoisotopic (exact) mass is 369 g/mol. The van der Waals surface area contributed by atoms with Gasteiger partial charge in [0, 0.05) is 11.3 Å². The molecule has 0 aliphatic heterocycles. The number of H-pyrrole nitrogens is 1. The number of nitrogens with two attached hydrogens (primary N) is 1. The molecule has 0 atom stereocenters. The number of nitrogens with zero attached hydrogens (tertiary/aromatic N) is 1. The maximum atomic E-state index is 5.86. The Hall–Kier alpha value is -3.53. The van der Waals surface area contributed by atoms with E-state index in [1.54, 1.807) is 0 Å². The molecule has 0 unspecified atom stereocenters. The first kappa shape index (κ1) is 17.9. The van der Waals surface area contributed by atoms with Crippen LogP contribution < -0.4 is 10.5 Å². The van der Waals surface area contributed by atoms with Crippen molar-refractivity contribution >= 4 is 5.69 Å². The lowest BCUT2D eigenvalue weighted by Crippen LogP contribution is -1.99. The van der Waals surface area contributed by atoms with Crippen LogP contribution in [0.5, 0.6) is 5.75 Å². The van der Waals surface area contributed by atoms with E-state index in [2.05, 4.69) is 34.5 Å². The van der Waals surface area contributed by atoms with Crippen LogP contribution in [0.4, 0.5) is 5.69 Å². The molecule has 4 nitrogen and oxygen atoms in total. The number of aromatic nitrogens is 2. The summed E-state index contributed by atoms with van der Waals surface area (Å²) in [5.74, 6) is 0.881. The van der Waals surface area contributed by atoms with Crippen LogP contribution in [0.3, 0.4) is 0 Å².